The zero-order chi connectivity index (χ0) is 13.1. The maximum absolute atomic E-state index is 9.93. The van der Waals surface area contributed by atoms with Gasteiger partial charge in [-0.25, -0.2) is 0 Å². The van der Waals surface area contributed by atoms with Crippen molar-refractivity contribution in [2.45, 2.75) is 12.5 Å². The number of anilines is 1. The van der Waals surface area contributed by atoms with Crippen molar-refractivity contribution < 1.29 is 5.11 Å². The van der Waals surface area contributed by atoms with Gasteiger partial charge in [0, 0.05) is 16.7 Å². The molecular weight excluding hydrogens is 304 g/mol. The molecule has 90 valence electrons. The summed E-state index contributed by atoms with van der Waals surface area (Å²) in [5, 5.41) is 22.4. The number of halogens is 2. The highest BCUT2D eigenvalue weighted by Crippen LogP contribution is 2.24. The van der Waals surface area contributed by atoms with Crippen LogP contribution in [0.5, 0.6) is 0 Å². The van der Waals surface area contributed by atoms with E-state index in [0.29, 0.717) is 27.3 Å². The summed E-state index contributed by atoms with van der Waals surface area (Å²) in [7, 11) is 0. The summed E-state index contributed by atoms with van der Waals surface area (Å²) in [6, 6.07) is 6.92. The molecule has 0 fully saturated rings. The fraction of sp³-hybridized carbons (Fsp3) is 0.250. The minimum Gasteiger partial charge on any atom is -0.383 e. The van der Waals surface area contributed by atoms with E-state index in [4.69, 9.17) is 16.9 Å². The molecule has 0 bridgehead atoms. The van der Waals surface area contributed by atoms with Crippen molar-refractivity contribution in [3.63, 3.8) is 0 Å². The van der Waals surface area contributed by atoms with Crippen LogP contribution in [0.25, 0.3) is 0 Å². The lowest BCUT2D eigenvalue weighted by atomic mass is 10.1. The highest BCUT2D eigenvalue weighted by Gasteiger charge is 2.22. The molecule has 1 atom stereocenters. The van der Waals surface area contributed by atoms with Crippen molar-refractivity contribution in [1.29, 1.82) is 5.26 Å². The average molecular weight is 316 g/mol. The summed E-state index contributed by atoms with van der Waals surface area (Å²) < 4.78 is 0. The Morgan fingerprint density at radius 2 is 2.35 bits per heavy atom. The van der Waals surface area contributed by atoms with Crippen LogP contribution in [0.3, 0.4) is 0 Å². The quantitative estimate of drug-likeness (QED) is 0.838. The first-order valence-electron chi connectivity index (χ1n) is 4.85. The number of hydrogen-bond donors (Lipinski definition) is 2. The van der Waals surface area contributed by atoms with Crippen LogP contribution in [-0.4, -0.2) is 16.0 Å². The molecule has 17 heavy (non-hydrogen) atoms. The van der Waals surface area contributed by atoms with Gasteiger partial charge in [0.15, 0.2) is 0 Å². The van der Waals surface area contributed by atoms with E-state index in [2.05, 4.69) is 27.8 Å². The van der Waals surface area contributed by atoms with Crippen molar-refractivity contribution in [3.05, 3.63) is 41.1 Å². The lowest BCUT2D eigenvalue weighted by molar-refractivity contribution is 0.128. The van der Waals surface area contributed by atoms with Crippen LogP contribution in [0.4, 0.5) is 5.69 Å². The maximum Gasteiger partial charge on any atom is 0.110 e. The molecule has 2 N–H and O–H groups in total. The Kier molecular flexibility index (Phi) is 4.58. The number of nitriles is 1. The van der Waals surface area contributed by atoms with Crippen LogP contribution in [-0.2, 0) is 0 Å². The summed E-state index contributed by atoms with van der Waals surface area (Å²) in [6.07, 6.45) is 0. The number of benzene rings is 1. The molecule has 1 aromatic carbocycles. The number of nitrogens with zero attached hydrogens (tertiary/aromatic N) is 1. The predicted molar refractivity (Wildman–Crippen MR) is 73.3 cm³/mol. The Morgan fingerprint density at radius 1 is 1.71 bits per heavy atom. The van der Waals surface area contributed by atoms with Gasteiger partial charge in [0.1, 0.15) is 11.7 Å². The SMILES string of the molecule is C=C(Nc1ccc(C#N)c(Cl)c1)[C@](C)(O)CBr. The number of rotatable bonds is 4. The standard InChI is InChI=1S/C12H12BrClN2O/c1-8(12(2,17)7-13)16-10-4-3-9(6-15)11(14)5-10/h3-5,16-17H,1,7H2,2H3/t12-/m1/s1. The van der Waals surface area contributed by atoms with E-state index in [1.54, 1.807) is 25.1 Å². The number of alkyl halides is 1. The lowest BCUT2D eigenvalue weighted by Gasteiger charge is -2.24. The largest absolute Gasteiger partial charge is 0.383 e. The number of hydrogen-bond acceptors (Lipinski definition) is 3. The van der Waals surface area contributed by atoms with Gasteiger partial charge in [0.05, 0.1) is 10.6 Å². The van der Waals surface area contributed by atoms with Crippen molar-refractivity contribution in [3.8, 4) is 6.07 Å². The normalized spacial score (nSPS) is 13.6. The van der Waals surface area contributed by atoms with E-state index >= 15 is 0 Å². The van der Waals surface area contributed by atoms with E-state index in [9.17, 15) is 5.11 Å². The monoisotopic (exact) mass is 314 g/mol. The zero-order valence-corrected chi connectivity index (χ0v) is 11.6. The fourth-order valence-corrected chi connectivity index (χ4v) is 1.63. The van der Waals surface area contributed by atoms with Gasteiger partial charge in [-0.3, -0.25) is 0 Å². The molecule has 1 aromatic rings. The summed E-state index contributed by atoms with van der Waals surface area (Å²) in [6.45, 7) is 5.41. The van der Waals surface area contributed by atoms with Gasteiger partial charge in [-0.1, -0.05) is 34.1 Å². The van der Waals surface area contributed by atoms with Crippen LogP contribution in [0.2, 0.25) is 5.02 Å². The summed E-state index contributed by atoms with van der Waals surface area (Å²) in [5.41, 5.74) is 0.492. The molecule has 0 aromatic heterocycles. The first kappa shape index (κ1) is 14.0. The Bertz CT molecular complexity index is 480. The summed E-state index contributed by atoms with van der Waals surface area (Å²) in [4.78, 5) is 0. The molecule has 1 rings (SSSR count). The molecule has 0 aliphatic rings. The highest BCUT2D eigenvalue weighted by atomic mass is 79.9. The van der Waals surface area contributed by atoms with Gasteiger partial charge in [-0.05, 0) is 25.1 Å². The molecule has 3 nitrogen and oxygen atoms in total. The van der Waals surface area contributed by atoms with Gasteiger partial charge in [0.25, 0.3) is 0 Å². The second-order valence-electron chi connectivity index (χ2n) is 3.82. The minimum absolute atomic E-state index is 0.365. The van der Waals surface area contributed by atoms with E-state index in [-0.39, 0.29) is 0 Å². The molecule has 5 heteroatoms. The van der Waals surface area contributed by atoms with Crippen LogP contribution < -0.4 is 5.32 Å². The van der Waals surface area contributed by atoms with E-state index in [1.807, 2.05) is 6.07 Å². The van der Waals surface area contributed by atoms with Crippen molar-refractivity contribution in [1.82, 2.24) is 0 Å². The molecule has 0 saturated heterocycles. The minimum atomic E-state index is -1.06. The smallest absolute Gasteiger partial charge is 0.110 e. The predicted octanol–water partition coefficient (Wildman–Crippen LogP) is 3.28. The molecule has 0 heterocycles. The van der Waals surface area contributed by atoms with Crippen LogP contribution >= 0.6 is 27.5 Å². The average Bonchev–Trinajstić information content (AvgIpc) is 2.29. The summed E-state index contributed by atoms with van der Waals surface area (Å²) in [5.74, 6) is 0. The third-order valence-electron chi connectivity index (χ3n) is 2.30. The van der Waals surface area contributed by atoms with E-state index < -0.39 is 5.60 Å². The first-order valence-corrected chi connectivity index (χ1v) is 6.35. The number of nitrogens with one attached hydrogen (secondary N) is 1. The summed E-state index contributed by atoms with van der Waals surface area (Å²) >= 11 is 9.10. The van der Waals surface area contributed by atoms with Crippen LogP contribution in [0.15, 0.2) is 30.5 Å². The molecule has 0 saturated carbocycles. The molecule has 0 spiro atoms. The molecule has 0 radical (unpaired) electrons. The highest BCUT2D eigenvalue weighted by molar-refractivity contribution is 9.09. The molecule has 0 amide bonds. The van der Waals surface area contributed by atoms with Gasteiger partial charge in [-0.2, -0.15) is 5.26 Å². The van der Waals surface area contributed by atoms with Crippen LogP contribution in [0, 0.1) is 11.3 Å². The second kappa shape index (κ2) is 5.54. The second-order valence-corrected chi connectivity index (χ2v) is 4.79. The number of aliphatic hydroxyl groups is 1. The topological polar surface area (TPSA) is 56.0 Å². The van der Waals surface area contributed by atoms with Gasteiger partial charge in [-0.15, -0.1) is 0 Å². The third-order valence-corrected chi connectivity index (χ3v) is 3.70. The van der Waals surface area contributed by atoms with Crippen molar-refractivity contribution in [2.75, 3.05) is 10.6 Å². The van der Waals surface area contributed by atoms with Gasteiger partial charge >= 0.3 is 0 Å². The Morgan fingerprint density at radius 3 is 2.82 bits per heavy atom. The van der Waals surface area contributed by atoms with Crippen LogP contribution in [0.1, 0.15) is 12.5 Å². The van der Waals surface area contributed by atoms with Crippen molar-refractivity contribution >= 4 is 33.2 Å². The Hall–Kier alpha value is -1.02. The lowest BCUT2D eigenvalue weighted by Crippen LogP contribution is -2.32. The van der Waals surface area contributed by atoms with E-state index in [1.165, 1.54) is 0 Å². The molecular formula is C12H12BrClN2O. The Balaban J connectivity index is 2.88. The fourth-order valence-electron chi connectivity index (χ4n) is 1.07. The maximum atomic E-state index is 9.93. The zero-order valence-electron chi connectivity index (χ0n) is 9.30. The molecule has 0 aliphatic carbocycles. The molecule has 0 unspecified atom stereocenters. The van der Waals surface area contributed by atoms with Crippen molar-refractivity contribution in [2.24, 2.45) is 0 Å². The first-order chi connectivity index (χ1) is 7.90. The van der Waals surface area contributed by atoms with Gasteiger partial charge < -0.3 is 10.4 Å². The third kappa shape index (κ3) is 3.47. The Labute approximate surface area is 114 Å². The van der Waals surface area contributed by atoms with E-state index in [0.717, 1.165) is 0 Å². The van der Waals surface area contributed by atoms with Gasteiger partial charge in [0.2, 0.25) is 0 Å². The molecule has 0 aliphatic heterocycles.